The van der Waals surface area contributed by atoms with Crippen molar-refractivity contribution in [1.29, 1.82) is 0 Å². The van der Waals surface area contributed by atoms with Gasteiger partial charge in [-0.1, -0.05) is 59.1 Å². The van der Waals surface area contributed by atoms with Crippen LogP contribution in [0, 0.1) is 6.92 Å². The number of benzene rings is 2. The molecule has 1 aromatic heterocycles. The summed E-state index contributed by atoms with van der Waals surface area (Å²) in [5, 5.41) is 9.92. The summed E-state index contributed by atoms with van der Waals surface area (Å²) in [7, 11) is 0. The molecule has 0 saturated carbocycles. The summed E-state index contributed by atoms with van der Waals surface area (Å²) in [5.74, 6) is -0.610. The molecule has 10 heteroatoms. The second kappa shape index (κ2) is 8.09. The molecule has 5 nitrogen and oxygen atoms in total. The van der Waals surface area contributed by atoms with Crippen molar-refractivity contribution in [2.24, 2.45) is 0 Å². The molecule has 2 N–H and O–H groups in total. The molecule has 0 unspecified atom stereocenters. The van der Waals surface area contributed by atoms with Gasteiger partial charge < -0.3 is 10.6 Å². The summed E-state index contributed by atoms with van der Waals surface area (Å²) < 4.78 is 42.2. The zero-order valence-electron chi connectivity index (χ0n) is 16.2. The van der Waals surface area contributed by atoms with Crippen LogP contribution >= 0.6 is 23.2 Å². The summed E-state index contributed by atoms with van der Waals surface area (Å²) in [4.78, 5) is 12.7. The van der Waals surface area contributed by atoms with Crippen LogP contribution in [0.25, 0.3) is 0 Å². The lowest BCUT2D eigenvalue weighted by molar-refractivity contribution is -0.173. The van der Waals surface area contributed by atoms with Crippen molar-refractivity contribution in [3.63, 3.8) is 0 Å². The Balaban J connectivity index is 1.66. The lowest BCUT2D eigenvalue weighted by Crippen LogP contribution is -2.35. The van der Waals surface area contributed by atoms with Crippen LogP contribution in [0.15, 0.2) is 48.5 Å². The summed E-state index contributed by atoms with van der Waals surface area (Å²) in [6.45, 7) is 1.90. The third kappa shape index (κ3) is 4.36. The fourth-order valence-corrected chi connectivity index (χ4v) is 3.99. The minimum Gasteiger partial charge on any atom is -0.363 e. The predicted octanol–water partition coefficient (Wildman–Crippen LogP) is 6.41. The Kier molecular flexibility index (Phi) is 5.61. The number of amides is 1. The highest BCUT2D eigenvalue weighted by atomic mass is 35.5. The molecule has 3 aromatic rings. The van der Waals surface area contributed by atoms with E-state index in [1.807, 2.05) is 19.1 Å². The molecule has 2 aromatic carbocycles. The molecule has 1 amide bonds. The van der Waals surface area contributed by atoms with Gasteiger partial charge in [0.2, 0.25) is 0 Å². The number of carbonyl (C=O) groups is 1. The van der Waals surface area contributed by atoms with Gasteiger partial charge in [-0.25, -0.2) is 4.68 Å². The highest BCUT2D eigenvalue weighted by molar-refractivity contribution is 6.40. The number of fused-ring (bicyclic) bond motifs is 1. The Labute approximate surface area is 186 Å². The Bertz CT molecular complexity index is 1110. The standard InChI is InChI=1S/C21H17Cl2F3N4O/c1-11-5-7-12(8-6-11)15-9-17(21(24,25)26)30-18(27-15)10-16(29-30)20(31)28-19-13(22)3-2-4-14(19)23/h2-8,10,15,17,27H,9H2,1H3,(H,28,31)/t15-,17+/m0/s1. The van der Waals surface area contributed by atoms with Crippen molar-refractivity contribution in [3.05, 3.63) is 75.4 Å². The van der Waals surface area contributed by atoms with Gasteiger partial charge in [-0.15, -0.1) is 0 Å². The molecule has 0 saturated heterocycles. The maximum Gasteiger partial charge on any atom is 0.410 e. The maximum atomic E-state index is 13.8. The number of anilines is 2. The maximum absolute atomic E-state index is 13.8. The first-order valence-corrected chi connectivity index (χ1v) is 10.1. The lowest BCUT2D eigenvalue weighted by atomic mass is 9.96. The van der Waals surface area contributed by atoms with E-state index in [9.17, 15) is 18.0 Å². The molecule has 1 aliphatic heterocycles. The van der Waals surface area contributed by atoms with Gasteiger partial charge in [0.15, 0.2) is 11.7 Å². The molecular formula is C21H17Cl2F3N4O. The number of nitrogens with zero attached hydrogens (tertiary/aromatic N) is 2. The van der Waals surface area contributed by atoms with Crippen LogP contribution in [0.3, 0.4) is 0 Å². The van der Waals surface area contributed by atoms with Crippen molar-refractivity contribution < 1.29 is 18.0 Å². The zero-order chi connectivity index (χ0) is 22.3. The monoisotopic (exact) mass is 468 g/mol. The summed E-state index contributed by atoms with van der Waals surface area (Å²) in [6.07, 6.45) is -4.79. The van der Waals surface area contributed by atoms with E-state index in [1.54, 1.807) is 18.2 Å². The van der Waals surface area contributed by atoms with Crippen molar-refractivity contribution in [3.8, 4) is 0 Å². The van der Waals surface area contributed by atoms with Crippen LogP contribution in [0.1, 0.15) is 40.1 Å². The third-order valence-electron chi connectivity index (χ3n) is 5.10. The Hall–Kier alpha value is -2.71. The summed E-state index contributed by atoms with van der Waals surface area (Å²) >= 11 is 12.1. The van der Waals surface area contributed by atoms with Gasteiger partial charge in [-0.3, -0.25) is 4.79 Å². The Morgan fingerprint density at radius 3 is 2.42 bits per heavy atom. The van der Waals surface area contributed by atoms with Gasteiger partial charge in [0.1, 0.15) is 5.82 Å². The van der Waals surface area contributed by atoms with E-state index in [-0.39, 0.29) is 33.7 Å². The molecule has 0 spiro atoms. The SMILES string of the molecule is Cc1ccc([C@@H]2C[C@H](C(F)(F)F)n3nc(C(=O)Nc4c(Cl)cccc4Cl)cc3N2)cc1. The largest absolute Gasteiger partial charge is 0.410 e. The number of hydrogen-bond acceptors (Lipinski definition) is 3. The number of para-hydroxylation sites is 1. The molecule has 1 aliphatic rings. The first-order chi connectivity index (χ1) is 14.6. The molecule has 2 heterocycles. The van der Waals surface area contributed by atoms with Crippen LogP contribution in [0.4, 0.5) is 24.7 Å². The average molecular weight is 469 g/mol. The first kappa shape index (κ1) is 21.5. The number of hydrogen-bond donors (Lipinski definition) is 2. The highest BCUT2D eigenvalue weighted by Gasteiger charge is 2.46. The molecule has 0 fully saturated rings. The van der Waals surface area contributed by atoms with Gasteiger partial charge in [0.05, 0.1) is 21.8 Å². The first-order valence-electron chi connectivity index (χ1n) is 9.38. The van der Waals surface area contributed by atoms with Crippen LogP contribution in [0.5, 0.6) is 0 Å². The second-order valence-electron chi connectivity index (χ2n) is 7.31. The molecule has 0 radical (unpaired) electrons. The van der Waals surface area contributed by atoms with Gasteiger partial charge >= 0.3 is 6.18 Å². The number of aromatic nitrogens is 2. The summed E-state index contributed by atoms with van der Waals surface area (Å²) in [5.41, 5.74) is 1.72. The van der Waals surface area contributed by atoms with Crippen LogP contribution < -0.4 is 10.6 Å². The topological polar surface area (TPSA) is 59.0 Å². The molecule has 0 aliphatic carbocycles. The number of carbonyl (C=O) groups excluding carboxylic acids is 1. The smallest absolute Gasteiger partial charge is 0.363 e. The van der Waals surface area contributed by atoms with Gasteiger partial charge in [0.25, 0.3) is 5.91 Å². The fraction of sp³-hybridized carbons (Fsp3) is 0.238. The predicted molar refractivity (Wildman–Crippen MR) is 114 cm³/mol. The van der Waals surface area contributed by atoms with Crippen LogP contribution in [-0.2, 0) is 0 Å². The molecule has 31 heavy (non-hydrogen) atoms. The third-order valence-corrected chi connectivity index (χ3v) is 5.73. The molecule has 4 rings (SSSR count). The van der Waals surface area contributed by atoms with Crippen LogP contribution in [-0.4, -0.2) is 21.9 Å². The number of nitrogens with one attached hydrogen (secondary N) is 2. The van der Waals surface area contributed by atoms with Crippen molar-refractivity contribution in [1.82, 2.24) is 9.78 Å². The number of rotatable bonds is 3. The minimum atomic E-state index is -4.54. The molecule has 162 valence electrons. The van der Waals surface area contributed by atoms with Gasteiger partial charge in [-0.2, -0.15) is 18.3 Å². The van der Waals surface area contributed by atoms with E-state index in [2.05, 4.69) is 15.7 Å². The zero-order valence-corrected chi connectivity index (χ0v) is 17.7. The normalized spacial score (nSPS) is 18.3. The minimum absolute atomic E-state index is 0.106. The lowest BCUT2D eigenvalue weighted by Gasteiger charge is -2.33. The van der Waals surface area contributed by atoms with E-state index >= 15 is 0 Å². The van der Waals surface area contributed by atoms with E-state index < -0.39 is 24.2 Å². The van der Waals surface area contributed by atoms with E-state index in [1.165, 1.54) is 18.2 Å². The summed E-state index contributed by atoms with van der Waals surface area (Å²) in [6, 6.07) is 10.8. The molecule has 0 bridgehead atoms. The second-order valence-corrected chi connectivity index (χ2v) is 8.13. The Morgan fingerprint density at radius 1 is 1.16 bits per heavy atom. The van der Waals surface area contributed by atoms with E-state index in [0.29, 0.717) is 0 Å². The van der Waals surface area contributed by atoms with Crippen molar-refractivity contribution in [2.75, 3.05) is 10.6 Å². The molecule has 2 atom stereocenters. The van der Waals surface area contributed by atoms with Gasteiger partial charge in [-0.05, 0) is 24.6 Å². The highest BCUT2D eigenvalue weighted by Crippen LogP contribution is 2.43. The van der Waals surface area contributed by atoms with Crippen molar-refractivity contribution in [2.45, 2.75) is 31.6 Å². The van der Waals surface area contributed by atoms with E-state index in [4.69, 9.17) is 23.2 Å². The quantitative estimate of drug-likeness (QED) is 0.466. The van der Waals surface area contributed by atoms with Crippen molar-refractivity contribution >= 4 is 40.6 Å². The number of halogens is 5. The number of alkyl halides is 3. The Morgan fingerprint density at radius 2 is 1.81 bits per heavy atom. The number of aryl methyl sites for hydroxylation is 1. The fourth-order valence-electron chi connectivity index (χ4n) is 3.50. The molecular weight excluding hydrogens is 452 g/mol. The van der Waals surface area contributed by atoms with Crippen LogP contribution in [0.2, 0.25) is 10.0 Å². The average Bonchev–Trinajstić information content (AvgIpc) is 3.14. The van der Waals surface area contributed by atoms with E-state index in [0.717, 1.165) is 15.8 Å². The van der Waals surface area contributed by atoms with Gasteiger partial charge in [0, 0.05) is 12.5 Å².